The van der Waals surface area contributed by atoms with Gasteiger partial charge >= 0.3 is 12.1 Å². The molecule has 1 N–H and O–H groups in total. The Balaban J connectivity index is 1.71. The Labute approximate surface area is 187 Å². The van der Waals surface area contributed by atoms with Crippen molar-refractivity contribution in [3.8, 4) is 0 Å². The Morgan fingerprint density at radius 1 is 0.906 bits per heavy atom. The molecule has 0 aliphatic carbocycles. The van der Waals surface area contributed by atoms with Gasteiger partial charge in [-0.3, -0.25) is 4.90 Å². The van der Waals surface area contributed by atoms with Crippen LogP contribution < -0.4 is 0 Å². The van der Waals surface area contributed by atoms with Crippen molar-refractivity contribution in [3.05, 3.63) is 108 Å². The summed E-state index contributed by atoms with van der Waals surface area (Å²) in [5, 5.41) is 9.87. The van der Waals surface area contributed by atoms with Crippen LogP contribution in [0, 0.1) is 0 Å². The van der Waals surface area contributed by atoms with Crippen molar-refractivity contribution in [2.75, 3.05) is 6.61 Å². The lowest BCUT2D eigenvalue weighted by molar-refractivity contribution is -0.146. The fourth-order valence-corrected chi connectivity index (χ4v) is 4.07. The molecule has 6 nitrogen and oxygen atoms in total. The number of amides is 1. The van der Waals surface area contributed by atoms with Crippen molar-refractivity contribution in [1.82, 2.24) is 4.90 Å². The predicted molar refractivity (Wildman–Crippen MR) is 118 cm³/mol. The van der Waals surface area contributed by atoms with Gasteiger partial charge in [-0.2, -0.15) is 0 Å². The zero-order valence-corrected chi connectivity index (χ0v) is 17.6. The normalized spacial score (nSPS) is 20.1. The predicted octanol–water partition coefficient (Wildman–Crippen LogP) is 4.24. The first kappa shape index (κ1) is 21.6. The van der Waals surface area contributed by atoms with Gasteiger partial charge in [0.05, 0.1) is 0 Å². The van der Waals surface area contributed by atoms with Crippen LogP contribution in [0.25, 0.3) is 0 Å². The summed E-state index contributed by atoms with van der Waals surface area (Å²) in [7, 11) is 0. The highest BCUT2D eigenvalue weighted by Gasteiger charge is 2.58. The molecule has 1 aliphatic rings. The molecule has 2 atom stereocenters. The summed E-state index contributed by atoms with van der Waals surface area (Å²) in [5.41, 5.74) is 0.960. The first-order valence-electron chi connectivity index (χ1n) is 10.5. The van der Waals surface area contributed by atoms with Crippen LogP contribution in [0.5, 0.6) is 0 Å². The second-order valence-corrected chi connectivity index (χ2v) is 7.75. The van der Waals surface area contributed by atoms with Gasteiger partial charge in [0, 0.05) is 25.0 Å². The average molecular weight is 431 g/mol. The number of ether oxygens (including phenoxy) is 2. The molecule has 0 spiro atoms. The van der Waals surface area contributed by atoms with Crippen LogP contribution in [-0.4, -0.2) is 34.2 Å². The lowest BCUT2D eigenvalue weighted by Gasteiger charge is -2.35. The van der Waals surface area contributed by atoms with Crippen molar-refractivity contribution >= 4 is 12.1 Å². The van der Waals surface area contributed by atoms with Gasteiger partial charge in [-0.05, 0) is 11.1 Å². The molecular weight excluding hydrogens is 406 g/mol. The van der Waals surface area contributed by atoms with Gasteiger partial charge in [-0.1, -0.05) is 91.0 Å². The molecule has 1 aliphatic heterocycles. The van der Waals surface area contributed by atoms with Crippen LogP contribution in [0.15, 0.2) is 91.0 Å². The van der Waals surface area contributed by atoms with E-state index < -0.39 is 23.8 Å². The van der Waals surface area contributed by atoms with Gasteiger partial charge in [0.1, 0.15) is 6.61 Å². The summed E-state index contributed by atoms with van der Waals surface area (Å²) in [6.45, 7) is -0.224. The first-order chi connectivity index (χ1) is 15.6. The SMILES string of the molecule is O=C(OCc1ccccc1)N1[C@H](c2ccccc2)OC(=O)[C@]1(CCO)Cc1ccccc1. The highest BCUT2D eigenvalue weighted by Crippen LogP contribution is 2.42. The Bertz CT molecular complexity index is 1040. The van der Waals surface area contributed by atoms with Gasteiger partial charge in [-0.25, -0.2) is 9.59 Å². The number of esters is 1. The van der Waals surface area contributed by atoms with Crippen LogP contribution in [0.1, 0.15) is 29.3 Å². The number of aliphatic hydroxyl groups is 1. The summed E-state index contributed by atoms with van der Waals surface area (Å²) in [6.07, 6.45) is -1.37. The van der Waals surface area contributed by atoms with Crippen molar-refractivity contribution in [2.24, 2.45) is 0 Å². The van der Waals surface area contributed by atoms with Crippen molar-refractivity contribution in [1.29, 1.82) is 0 Å². The van der Waals surface area contributed by atoms with E-state index in [9.17, 15) is 14.7 Å². The van der Waals surface area contributed by atoms with E-state index in [2.05, 4.69) is 0 Å². The monoisotopic (exact) mass is 431 g/mol. The minimum Gasteiger partial charge on any atom is -0.444 e. The van der Waals surface area contributed by atoms with E-state index in [1.807, 2.05) is 78.9 Å². The molecule has 0 saturated carbocycles. The summed E-state index contributed by atoms with van der Waals surface area (Å²) in [4.78, 5) is 28.1. The van der Waals surface area contributed by atoms with Gasteiger partial charge < -0.3 is 14.6 Å². The number of carbonyl (C=O) groups excluding carboxylic acids is 2. The van der Waals surface area contributed by atoms with E-state index in [0.717, 1.165) is 11.1 Å². The Morgan fingerprint density at radius 2 is 1.47 bits per heavy atom. The van der Waals surface area contributed by atoms with Crippen LogP contribution in [0.2, 0.25) is 0 Å². The standard InChI is InChI=1S/C26H25NO5/c28-17-16-26(18-20-10-4-1-5-11-20)24(29)32-23(22-14-8-3-9-15-22)27(26)25(30)31-19-21-12-6-2-7-13-21/h1-15,23,28H,16-19H2/t23-,26-/m0/s1. The van der Waals surface area contributed by atoms with Crippen LogP contribution >= 0.6 is 0 Å². The number of hydrogen-bond acceptors (Lipinski definition) is 5. The number of cyclic esters (lactones) is 1. The van der Waals surface area contributed by atoms with E-state index in [4.69, 9.17) is 9.47 Å². The third kappa shape index (κ3) is 4.36. The molecule has 0 aromatic heterocycles. The summed E-state index contributed by atoms with van der Waals surface area (Å²) >= 11 is 0. The quantitative estimate of drug-likeness (QED) is 0.566. The highest BCUT2D eigenvalue weighted by atomic mass is 16.6. The third-order valence-corrected chi connectivity index (χ3v) is 5.65. The van der Waals surface area contributed by atoms with Crippen LogP contribution in [-0.2, 0) is 27.3 Å². The second-order valence-electron chi connectivity index (χ2n) is 7.75. The second kappa shape index (κ2) is 9.66. The summed E-state index contributed by atoms with van der Waals surface area (Å²) < 4.78 is 11.4. The molecule has 1 amide bonds. The molecule has 1 saturated heterocycles. The Kier molecular flexibility index (Phi) is 6.52. The van der Waals surface area contributed by atoms with E-state index in [-0.39, 0.29) is 26.1 Å². The highest BCUT2D eigenvalue weighted by molar-refractivity contribution is 5.89. The molecule has 1 fully saturated rings. The fourth-order valence-electron chi connectivity index (χ4n) is 4.07. The number of benzene rings is 3. The third-order valence-electron chi connectivity index (χ3n) is 5.65. The van der Waals surface area contributed by atoms with E-state index >= 15 is 0 Å². The molecule has 0 radical (unpaired) electrons. The molecule has 3 aromatic rings. The smallest absolute Gasteiger partial charge is 0.414 e. The number of carbonyl (C=O) groups is 2. The van der Waals surface area contributed by atoms with Gasteiger partial charge in [-0.15, -0.1) is 0 Å². The number of rotatable bonds is 7. The maximum atomic E-state index is 13.4. The minimum atomic E-state index is -1.38. The molecule has 1 heterocycles. The van der Waals surface area contributed by atoms with Gasteiger partial charge in [0.25, 0.3) is 0 Å². The minimum absolute atomic E-state index is 0.0322. The lowest BCUT2D eigenvalue weighted by atomic mass is 9.86. The zero-order chi connectivity index (χ0) is 22.4. The fraction of sp³-hybridized carbons (Fsp3) is 0.231. The van der Waals surface area contributed by atoms with Gasteiger partial charge in [0.15, 0.2) is 5.54 Å². The molecule has 32 heavy (non-hydrogen) atoms. The first-order valence-corrected chi connectivity index (χ1v) is 10.5. The van der Waals surface area contributed by atoms with Gasteiger partial charge in [0.2, 0.25) is 6.23 Å². The van der Waals surface area contributed by atoms with Crippen molar-refractivity contribution in [3.63, 3.8) is 0 Å². The molecule has 4 rings (SSSR count). The Hall–Kier alpha value is -3.64. The molecule has 3 aromatic carbocycles. The summed E-state index contributed by atoms with van der Waals surface area (Å²) in [5.74, 6) is -0.555. The number of nitrogens with zero attached hydrogens (tertiary/aromatic N) is 1. The number of aliphatic hydroxyl groups excluding tert-OH is 1. The number of hydrogen-bond donors (Lipinski definition) is 1. The van der Waals surface area contributed by atoms with Crippen molar-refractivity contribution in [2.45, 2.75) is 31.2 Å². The maximum Gasteiger partial charge on any atom is 0.414 e. The van der Waals surface area contributed by atoms with E-state index in [1.165, 1.54) is 4.90 Å². The van der Waals surface area contributed by atoms with Crippen LogP contribution in [0.3, 0.4) is 0 Å². The zero-order valence-electron chi connectivity index (χ0n) is 17.6. The molecule has 0 bridgehead atoms. The molecule has 6 heteroatoms. The van der Waals surface area contributed by atoms with E-state index in [0.29, 0.717) is 5.56 Å². The maximum absolute atomic E-state index is 13.4. The topological polar surface area (TPSA) is 76.1 Å². The summed E-state index contributed by atoms with van der Waals surface area (Å²) in [6, 6.07) is 27.8. The van der Waals surface area contributed by atoms with E-state index in [1.54, 1.807) is 12.1 Å². The van der Waals surface area contributed by atoms with Crippen molar-refractivity contribution < 1.29 is 24.2 Å². The molecule has 0 unspecified atom stereocenters. The average Bonchev–Trinajstić information content (AvgIpc) is 3.11. The lowest BCUT2D eigenvalue weighted by Crippen LogP contribution is -2.54. The van der Waals surface area contributed by atoms with Crippen LogP contribution in [0.4, 0.5) is 4.79 Å². The molecule has 164 valence electrons. The molecular formula is C26H25NO5. The Morgan fingerprint density at radius 3 is 2.06 bits per heavy atom. The largest absolute Gasteiger partial charge is 0.444 e.